The van der Waals surface area contributed by atoms with E-state index in [2.05, 4.69) is 254 Å². The third-order valence-corrected chi connectivity index (χ3v) is 12.8. The Hall–Kier alpha value is -8.26. The fourth-order valence-corrected chi connectivity index (χ4v) is 9.77. The van der Waals surface area contributed by atoms with Crippen LogP contribution in [0.15, 0.2) is 249 Å². The van der Waals surface area contributed by atoms with Crippen LogP contribution in [0.4, 0.5) is 17.1 Å². The molecule has 63 heavy (non-hydrogen) atoms. The highest BCUT2D eigenvalue weighted by molar-refractivity contribution is 6.21. The van der Waals surface area contributed by atoms with Crippen molar-refractivity contribution in [1.29, 1.82) is 0 Å². The summed E-state index contributed by atoms with van der Waals surface area (Å²) in [5.74, 6) is 0. The van der Waals surface area contributed by atoms with Crippen molar-refractivity contribution in [3.63, 3.8) is 0 Å². The monoisotopic (exact) mass is 799 g/mol. The van der Waals surface area contributed by atoms with E-state index >= 15 is 0 Å². The van der Waals surface area contributed by atoms with Crippen LogP contribution in [0, 0.1) is 0 Å². The molecule has 0 saturated heterocycles. The molecule has 0 heterocycles. The molecule has 0 N–H and O–H groups in total. The molecule has 12 aromatic carbocycles. The molecule has 1 heteroatoms. The van der Waals surface area contributed by atoms with Gasteiger partial charge in [0.05, 0.1) is 0 Å². The van der Waals surface area contributed by atoms with Gasteiger partial charge in [0.25, 0.3) is 0 Å². The molecule has 0 saturated carbocycles. The van der Waals surface area contributed by atoms with E-state index in [1.54, 1.807) is 0 Å². The van der Waals surface area contributed by atoms with Crippen LogP contribution in [0.5, 0.6) is 0 Å². The molecular weight excluding hydrogens is 759 g/mol. The standard InChI is InChI=1S/C62H41N/c1-2-14-42(15-3-1)43-28-33-50(34-29-43)63(51-35-30-46(31-36-51)54-27-13-19-44-16-4-7-22-53(44)54)52-21-12-20-48(39-52)60-40-49(38-47-18-6-9-24-56(47)60)61-41-62-55-23-8-5-17-45(55)32-37-59(62)57-25-10-11-26-58(57)61/h1-41H. The van der Waals surface area contributed by atoms with Gasteiger partial charge in [-0.15, -0.1) is 0 Å². The number of fused-ring (bicyclic) bond motifs is 7. The van der Waals surface area contributed by atoms with Gasteiger partial charge in [-0.2, -0.15) is 0 Å². The second-order valence-electron chi connectivity index (χ2n) is 16.5. The first-order valence-electron chi connectivity index (χ1n) is 21.7. The molecule has 0 bridgehead atoms. The fraction of sp³-hybridized carbons (Fsp3) is 0. The van der Waals surface area contributed by atoms with E-state index in [1.807, 2.05) is 0 Å². The molecule has 12 aromatic rings. The molecule has 0 unspecified atom stereocenters. The molecule has 0 spiro atoms. The highest BCUT2D eigenvalue weighted by atomic mass is 15.1. The maximum atomic E-state index is 2.42. The molecule has 0 amide bonds. The summed E-state index contributed by atoms with van der Waals surface area (Å²) in [6.45, 7) is 0. The molecule has 0 radical (unpaired) electrons. The van der Waals surface area contributed by atoms with E-state index < -0.39 is 0 Å². The summed E-state index contributed by atoms with van der Waals surface area (Å²) < 4.78 is 0. The van der Waals surface area contributed by atoms with Crippen molar-refractivity contribution < 1.29 is 0 Å². The first-order valence-corrected chi connectivity index (χ1v) is 21.7. The minimum Gasteiger partial charge on any atom is -0.310 e. The fourth-order valence-electron chi connectivity index (χ4n) is 9.77. The van der Waals surface area contributed by atoms with Crippen molar-refractivity contribution >= 4 is 70.9 Å². The summed E-state index contributed by atoms with van der Waals surface area (Å²) in [4.78, 5) is 2.39. The topological polar surface area (TPSA) is 3.24 Å². The summed E-state index contributed by atoms with van der Waals surface area (Å²) in [5.41, 5.74) is 12.9. The van der Waals surface area contributed by atoms with Crippen molar-refractivity contribution in [2.45, 2.75) is 0 Å². The lowest BCUT2D eigenvalue weighted by Gasteiger charge is -2.27. The molecule has 0 aliphatic rings. The minimum atomic E-state index is 1.09. The zero-order valence-corrected chi connectivity index (χ0v) is 34.6. The largest absolute Gasteiger partial charge is 0.310 e. The summed E-state index contributed by atoms with van der Waals surface area (Å²) in [6, 6.07) is 91.1. The molecule has 0 atom stereocenters. The van der Waals surface area contributed by atoms with Gasteiger partial charge in [-0.1, -0.05) is 194 Å². The van der Waals surface area contributed by atoms with Gasteiger partial charge in [-0.05, 0) is 153 Å². The third kappa shape index (κ3) is 6.50. The van der Waals surface area contributed by atoms with E-state index in [1.165, 1.54) is 98.4 Å². The Labute approximate surface area is 367 Å². The molecule has 0 aliphatic heterocycles. The molecule has 12 rings (SSSR count). The average molecular weight is 800 g/mol. The number of hydrogen-bond acceptors (Lipinski definition) is 1. The van der Waals surface area contributed by atoms with Gasteiger partial charge < -0.3 is 4.90 Å². The number of benzene rings is 12. The summed E-state index contributed by atoms with van der Waals surface area (Å²) in [6.07, 6.45) is 0. The van der Waals surface area contributed by atoms with Crippen molar-refractivity contribution in [2.24, 2.45) is 0 Å². The normalized spacial score (nSPS) is 11.5. The summed E-state index contributed by atoms with van der Waals surface area (Å²) in [5, 5.41) is 12.6. The number of hydrogen-bond donors (Lipinski definition) is 0. The Morgan fingerprint density at radius 3 is 1.44 bits per heavy atom. The second-order valence-corrected chi connectivity index (χ2v) is 16.5. The van der Waals surface area contributed by atoms with Crippen LogP contribution in [0.2, 0.25) is 0 Å². The maximum Gasteiger partial charge on any atom is 0.0467 e. The predicted molar refractivity (Wildman–Crippen MR) is 270 cm³/mol. The Balaban J connectivity index is 1.02. The molecule has 1 nitrogen and oxygen atoms in total. The molecule has 0 aliphatic carbocycles. The van der Waals surface area contributed by atoms with Crippen LogP contribution in [-0.2, 0) is 0 Å². The number of anilines is 3. The molecule has 294 valence electrons. The van der Waals surface area contributed by atoms with Crippen LogP contribution < -0.4 is 4.90 Å². The van der Waals surface area contributed by atoms with Crippen molar-refractivity contribution in [3.8, 4) is 44.5 Å². The molecule has 0 fully saturated rings. The minimum absolute atomic E-state index is 1.09. The lowest BCUT2D eigenvalue weighted by atomic mass is 9.88. The smallest absolute Gasteiger partial charge is 0.0467 e. The van der Waals surface area contributed by atoms with Gasteiger partial charge in [-0.3, -0.25) is 0 Å². The van der Waals surface area contributed by atoms with E-state index in [-0.39, 0.29) is 0 Å². The van der Waals surface area contributed by atoms with Gasteiger partial charge in [-0.25, -0.2) is 0 Å². The SMILES string of the molecule is c1ccc(-c2ccc(N(c3ccc(-c4cccc5ccccc45)cc3)c3cccc(-c4cc(-c5cc6c7ccccc7ccc6c6ccccc56)cc5ccccc45)c3)cc2)cc1. The Morgan fingerprint density at radius 2 is 0.698 bits per heavy atom. The lowest BCUT2D eigenvalue weighted by molar-refractivity contribution is 1.28. The van der Waals surface area contributed by atoms with Crippen LogP contribution in [-0.4, -0.2) is 0 Å². The second kappa shape index (κ2) is 15.3. The Morgan fingerprint density at radius 1 is 0.190 bits per heavy atom. The quantitative estimate of drug-likeness (QED) is 0.145. The van der Waals surface area contributed by atoms with E-state index in [4.69, 9.17) is 0 Å². The zero-order chi connectivity index (χ0) is 41.7. The van der Waals surface area contributed by atoms with Crippen molar-refractivity contribution in [3.05, 3.63) is 249 Å². The number of nitrogens with zero attached hydrogens (tertiary/aromatic N) is 1. The van der Waals surface area contributed by atoms with Crippen molar-refractivity contribution in [2.75, 3.05) is 4.90 Å². The maximum absolute atomic E-state index is 2.42. The first kappa shape index (κ1) is 36.6. The highest BCUT2D eigenvalue weighted by Gasteiger charge is 2.18. The van der Waals surface area contributed by atoms with Crippen molar-refractivity contribution in [1.82, 2.24) is 0 Å². The first-order chi connectivity index (χ1) is 31.2. The lowest BCUT2D eigenvalue weighted by Crippen LogP contribution is -2.10. The van der Waals surface area contributed by atoms with Gasteiger partial charge in [0.2, 0.25) is 0 Å². The highest BCUT2D eigenvalue weighted by Crippen LogP contribution is 2.43. The zero-order valence-electron chi connectivity index (χ0n) is 34.6. The van der Waals surface area contributed by atoms with Crippen LogP contribution in [0.1, 0.15) is 0 Å². The van der Waals surface area contributed by atoms with Crippen LogP contribution in [0.3, 0.4) is 0 Å². The predicted octanol–water partition coefficient (Wildman–Crippen LogP) is 17.6. The average Bonchev–Trinajstić information content (AvgIpc) is 3.36. The number of rotatable bonds is 7. The van der Waals surface area contributed by atoms with E-state index in [0.29, 0.717) is 0 Å². The summed E-state index contributed by atoms with van der Waals surface area (Å²) >= 11 is 0. The van der Waals surface area contributed by atoms with Gasteiger partial charge in [0.15, 0.2) is 0 Å². The van der Waals surface area contributed by atoms with Crippen LogP contribution >= 0.6 is 0 Å². The Bertz CT molecular complexity index is 3650. The Kier molecular flexibility index (Phi) is 8.90. The third-order valence-electron chi connectivity index (χ3n) is 12.8. The van der Waals surface area contributed by atoms with E-state index in [9.17, 15) is 0 Å². The summed E-state index contributed by atoms with van der Waals surface area (Å²) in [7, 11) is 0. The van der Waals surface area contributed by atoms with Gasteiger partial charge in [0, 0.05) is 17.1 Å². The molecule has 0 aromatic heterocycles. The van der Waals surface area contributed by atoms with Crippen LogP contribution in [0.25, 0.3) is 98.4 Å². The van der Waals surface area contributed by atoms with E-state index in [0.717, 1.165) is 17.1 Å². The van der Waals surface area contributed by atoms with Gasteiger partial charge >= 0.3 is 0 Å². The van der Waals surface area contributed by atoms with Gasteiger partial charge in [0.1, 0.15) is 0 Å². The molecular formula is C62H41N.